The Bertz CT molecular complexity index is 1210. The average Bonchev–Trinajstić information content (AvgIpc) is 3.19. The SMILES string of the molecule is COc1cc2c(c(-c3ccccc3)c1OC)CN(CCCCCC(=O)Cc1ccccc1N)C2=O. The number of carbonyl (C=O) groups excluding carboxylic acids is 2. The van der Waals surface area contributed by atoms with Gasteiger partial charge in [-0.25, -0.2) is 0 Å². The van der Waals surface area contributed by atoms with Gasteiger partial charge in [0, 0.05) is 42.7 Å². The van der Waals surface area contributed by atoms with Gasteiger partial charge < -0.3 is 20.1 Å². The highest BCUT2D eigenvalue weighted by atomic mass is 16.5. The summed E-state index contributed by atoms with van der Waals surface area (Å²) < 4.78 is 11.3. The molecule has 182 valence electrons. The summed E-state index contributed by atoms with van der Waals surface area (Å²) >= 11 is 0. The molecule has 0 aliphatic carbocycles. The fourth-order valence-corrected chi connectivity index (χ4v) is 4.71. The summed E-state index contributed by atoms with van der Waals surface area (Å²) in [5.74, 6) is 1.40. The van der Waals surface area contributed by atoms with E-state index < -0.39 is 0 Å². The highest BCUT2D eigenvalue weighted by Gasteiger charge is 2.33. The normalized spacial score (nSPS) is 12.5. The van der Waals surface area contributed by atoms with Gasteiger partial charge >= 0.3 is 0 Å². The molecule has 1 amide bonds. The Morgan fingerprint density at radius 1 is 0.971 bits per heavy atom. The predicted octanol–water partition coefficient (Wildman–Crippen LogP) is 5.28. The zero-order valence-electron chi connectivity index (χ0n) is 20.4. The number of hydrogen-bond donors (Lipinski definition) is 1. The van der Waals surface area contributed by atoms with Crippen molar-refractivity contribution in [2.45, 2.75) is 38.6 Å². The number of fused-ring (bicyclic) bond motifs is 1. The number of ether oxygens (including phenoxy) is 2. The standard InChI is InChI=1S/C29H32N2O4/c1-34-26-18-23-24(27(28(26)35-2)20-11-5-3-6-12-20)19-31(29(23)33)16-10-4-7-14-22(32)17-21-13-8-9-15-25(21)30/h3,5-6,8-9,11-13,15,18H,4,7,10,14,16-17,19,30H2,1-2H3. The summed E-state index contributed by atoms with van der Waals surface area (Å²) in [4.78, 5) is 27.4. The van der Waals surface area contributed by atoms with E-state index in [1.165, 1.54) is 0 Å². The third-order valence-electron chi connectivity index (χ3n) is 6.53. The van der Waals surface area contributed by atoms with Crippen LogP contribution in [0, 0.1) is 0 Å². The van der Waals surface area contributed by atoms with E-state index in [2.05, 4.69) is 0 Å². The van der Waals surface area contributed by atoms with Crippen molar-refractivity contribution in [2.75, 3.05) is 26.5 Å². The summed E-state index contributed by atoms with van der Waals surface area (Å²) in [7, 11) is 3.21. The number of benzene rings is 3. The molecule has 0 saturated carbocycles. The number of nitrogens with two attached hydrogens (primary N) is 1. The van der Waals surface area contributed by atoms with Crippen LogP contribution < -0.4 is 15.2 Å². The minimum Gasteiger partial charge on any atom is -0.493 e. The molecule has 1 aliphatic heterocycles. The Morgan fingerprint density at radius 2 is 1.71 bits per heavy atom. The number of methoxy groups -OCH3 is 2. The summed E-state index contributed by atoms with van der Waals surface area (Å²) in [5, 5.41) is 0. The first kappa shape index (κ1) is 24.3. The van der Waals surface area contributed by atoms with Crippen LogP contribution in [0.1, 0.15) is 47.2 Å². The number of hydrogen-bond acceptors (Lipinski definition) is 5. The minimum absolute atomic E-state index is 0.00811. The van der Waals surface area contributed by atoms with E-state index in [4.69, 9.17) is 15.2 Å². The van der Waals surface area contributed by atoms with E-state index in [0.29, 0.717) is 48.7 Å². The van der Waals surface area contributed by atoms with Gasteiger partial charge in [-0.1, -0.05) is 55.0 Å². The molecule has 0 saturated heterocycles. The van der Waals surface area contributed by atoms with Crippen molar-refractivity contribution in [1.82, 2.24) is 4.90 Å². The molecule has 4 rings (SSSR count). The second kappa shape index (κ2) is 11.1. The number of unbranched alkanes of at least 4 members (excludes halogenated alkanes) is 2. The average molecular weight is 473 g/mol. The molecular weight excluding hydrogens is 440 g/mol. The Hall–Kier alpha value is -3.80. The lowest BCUT2D eigenvalue weighted by molar-refractivity contribution is -0.118. The third-order valence-corrected chi connectivity index (χ3v) is 6.53. The molecule has 0 bridgehead atoms. The molecule has 6 heteroatoms. The molecule has 3 aromatic rings. The molecule has 0 radical (unpaired) electrons. The Balaban J connectivity index is 1.37. The first-order chi connectivity index (χ1) is 17.0. The topological polar surface area (TPSA) is 81.9 Å². The lowest BCUT2D eigenvalue weighted by Gasteiger charge is -2.17. The van der Waals surface area contributed by atoms with Gasteiger partial charge in [-0.2, -0.15) is 0 Å². The van der Waals surface area contributed by atoms with Crippen LogP contribution in [-0.2, 0) is 17.8 Å². The zero-order chi connectivity index (χ0) is 24.8. The van der Waals surface area contributed by atoms with Gasteiger partial charge in [0.25, 0.3) is 5.91 Å². The summed E-state index contributed by atoms with van der Waals surface area (Å²) in [6.07, 6.45) is 3.43. The van der Waals surface area contributed by atoms with Crippen molar-refractivity contribution >= 4 is 17.4 Å². The maximum Gasteiger partial charge on any atom is 0.254 e. The van der Waals surface area contributed by atoms with Gasteiger partial charge in [0.2, 0.25) is 0 Å². The lowest BCUT2D eigenvalue weighted by Crippen LogP contribution is -2.25. The fraction of sp³-hybridized carbons (Fsp3) is 0.310. The van der Waals surface area contributed by atoms with Gasteiger partial charge in [-0.3, -0.25) is 9.59 Å². The monoisotopic (exact) mass is 472 g/mol. The first-order valence-corrected chi connectivity index (χ1v) is 12.0. The Morgan fingerprint density at radius 3 is 2.43 bits per heavy atom. The number of ketones is 1. The van der Waals surface area contributed by atoms with Crippen LogP contribution in [0.3, 0.4) is 0 Å². The second-order valence-corrected chi connectivity index (χ2v) is 8.83. The van der Waals surface area contributed by atoms with Crippen molar-refractivity contribution in [1.29, 1.82) is 0 Å². The van der Waals surface area contributed by atoms with E-state index in [9.17, 15) is 9.59 Å². The molecule has 2 N–H and O–H groups in total. The van der Waals surface area contributed by atoms with Crippen LogP contribution in [0.5, 0.6) is 11.5 Å². The summed E-state index contributed by atoms with van der Waals surface area (Å²) in [5.41, 5.74) is 11.0. The molecule has 3 aromatic carbocycles. The number of para-hydroxylation sites is 1. The molecule has 0 unspecified atom stereocenters. The first-order valence-electron chi connectivity index (χ1n) is 12.0. The van der Waals surface area contributed by atoms with E-state index in [-0.39, 0.29) is 11.7 Å². The number of amides is 1. The number of carbonyl (C=O) groups is 2. The van der Waals surface area contributed by atoms with Crippen LogP contribution in [0.25, 0.3) is 11.1 Å². The fourth-order valence-electron chi connectivity index (χ4n) is 4.71. The summed E-state index contributed by atoms with van der Waals surface area (Å²) in [6.45, 7) is 1.18. The molecule has 0 fully saturated rings. The van der Waals surface area contributed by atoms with Crippen LogP contribution in [-0.4, -0.2) is 37.4 Å². The van der Waals surface area contributed by atoms with Crippen molar-refractivity contribution in [3.8, 4) is 22.6 Å². The molecular formula is C29H32N2O4. The maximum absolute atomic E-state index is 13.2. The minimum atomic E-state index is 0.00811. The molecule has 0 spiro atoms. The Labute approximate surface area is 206 Å². The second-order valence-electron chi connectivity index (χ2n) is 8.83. The van der Waals surface area contributed by atoms with Crippen LogP contribution in [0.2, 0.25) is 0 Å². The Kier molecular flexibility index (Phi) is 7.70. The van der Waals surface area contributed by atoms with E-state index in [1.807, 2.05) is 59.5 Å². The molecule has 1 aliphatic rings. The van der Waals surface area contributed by atoms with Crippen LogP contribution >= 0.6 is 0 Å². The zero-order valence-corrected chi connectivity index (χ0v) is 20.4. The maximum atomic E-state index is 13.2. The molecule has 6 nitrogen and oxygen atoms in total. The van der Waals surface area contributed by atoms with E-state index in [1.54, 1.807) is 20.3 Å². The highest BCUT2D eigenvalue weighted by molar-refractivity contribution is 6.02. The van der Waals surface area contributed by atoms with Gasteiger partial charge in [0.1, 0.15) is 5.78 Å². The largest absolute Gasteiger partial charge is 0.493 e. The number of nitrogen functional groups attached to an aromatic ring is 1. The van der Waals surface area contributed by atoms with Crippen molar-refractivity contribution in [3.05, 3.63) is 77.4 Å². The third kappa shape index (κ3) is 5.32. The number of anilines is 1. The van der Waals surface area contributed by atoms with Gasteiger partial charge in [-0.15, -0.1) is 0 Å². The number of Topliss-reactive ketones (excluding diaryl/α,β-unsaturated/α-hetero) is 1. The predicted molar refractivity (Wildman–Crippen MR) is 138 cm³/mol. The molecule has 35 heavy (non-hydrogen) atoms. The number of rotatable bonds is 11. The van der Waals surface area contributed by atoms with Crippen molar-refractivity contribution in [3.63, 3.8) is 0 Å². The molecule has 1 heterocycles. The number of nitrogens with zero attached hydrogens (tertiary/aromatic N) is 1. The van der Waals surface area contributed by atoms with Gasteiger partial charge in [-0.05, 0) is 41.7 Å². The smallest absolute Gasteiger partial charge is 0.254 e. The quantitative estimate of drug-likeness (QED) is 0.303. The molecule has 0 aromatic heterocycles. The summed E-state index contributed by atoms with van der Waals surface area (Å²) in [6, 6.07) is 19.2. The highest BCUT2D eigenvalue weighted by Crippen LogP contribution is 2.45. The van der Waals surface area contributed by atoms with Crippen molar-refractivity contribution < 1.29 is 19.1 Å². The van der Waals surface area contributed by atoms with Gasteiger partial charge in [0.15, 0.2) is 11.5 Å². The van der Waals surface area contributed by atoms with Gasteiger partial charge in [0.05, 0.1) is 14.2 Å². The van der Waals surface area contributed by atoms with E-state index in [0.717, 1.165) is 41.5 Å². The van der Waals surface area contributed by atoms with Crippen molar-refractivity contribution in [2.24, 2.45) is 0 Å². The van der Waals surface area contributed by atoms with Crippen LogP contribution in [0.15, 0.2) is 60.7 Å². The molecule has 0 atom stereocenters. The van der Waals surface area contributed by atoms with E-state index >= 15 is 0 Å². The lowest BCUT2D eigenvalue weighted by atomic mass is 9.95. The van der Waals surface area contributed by atoms with Crippen LogP contribution in [0.4, 0.5) is 5.69 Å².